The number of carbonyl (C=O) groups is 2. The molecule has 0 spiro atoms. The van der Waals surface area contributed by atoms with E-state index in [0.717, 1.165) is 0 Å². The van der Waals surface area contributed by atoms with Crippen molar-refractivity contribution >= 4 is 11.8 Å². The Kier molecular flexibility index (Phi) is 5.98. The molecule has 0 aliphatic carbocycles. The average Bonchev–Trinajstić information content (AvgIpc) is 2.58. The zero-order chi connectivity index (χ0) is 19.4. The molecule has 0 amide bonds. The molecule has 0 aliphatic rings. The molecule has 26 heavy (non-hydrogen) atoms. The Balaban J connectivity index is 2.17. The van der Waals surface area contributed by atoms with Crippen LogP contribution in [0.2, 0.25) is 0 Å². The smallest absolute Gasteiger partial charge is 0.292 e. The average molecular weight is 354 g/mol. The second kappa shape index (κ2) is 7.83. The highest BCUT2D eigenvalue weighted by atomic mass is 17.2. The summed E-state index contributed by atoms with van der Waals surface area (Å²) in [6.45, 7) is 10.0. The monoisotopic (exact) mass is 354 g/mol. The maximum atomic E-state index is 12.7. The minimum atomic E-state index is -0.674. The van der Waals surface area contributed by atoms with Gasteiger partial charge in [-0.15, -0.1) is 0 Å². The van der Waals surface area contributed by atoms with Crippen LogP contribution >= 0.6 is 0 Å². The van der Waals surface area contributed by atoms with Crippen molar-refractivity contribution in [2.45, 2.75) is 46.6 Å². The summed E-state index contributed by atoms with van der Waals surface area (Å²) in [6, 6.07) is 15.4. The third kappa shape index (κ3) is 5.53. The number of hydrogen-bond donors (Lipinski definition) is 0. The van der Waals surface area contributed by atoms with Gasteiger partial charge in [0.1, 0.15) is 5.60 Å². The van der Waals surface area contributed by atoms with Crippen LogP contribution in [0, 0.1) is 5.41 Å². The van der Waals surface area contributed by atoms with E-state index in [-0.39, 0.29) is 16.8 Å². The first kappa shape index (κ1) is 19.9. The molecule has 4 nitrogen and oxygen atoms in total. The van der Waals surface area contributed by atoms with Gasteiger partial charge in [-0.25, -0.2) is 4.79 Å². The zero-order valence-electron chi connectivity index (χ0n) is 16.0. The van der Waals surface area contributed by atoms with E-state index in [1.807, 2.05) is 19.9 Å². The van der Waals surface area contributed by atoms with Crippen LogP contribution in [0.3, 0.4) is 0 Å². The second-order valence-corrected chi connectivity index (χ2v) is 8.19. The highest BCUT2D eigenvalue weighted by Crippen LogP contribution is 2.30. The van der Waals surface area contributed by atoms with E-state index in [1.165, 1.54) is 0 Å². The molecule has 0 N–H and O–H groups in total. The van der Waals surface area contributed by atoms with Gasteiger partial charge in [-0.3, -0.25) is 9.68 Å². The first-order valence-electron chi connectivity index (χ1n) is 8.68. The molecule has 0 saturated heterocycles. The van der Waals surface area contributed by atoms with Crippen molar-refractivity contribution in [2.75, 3.05) is 0 Å². The molecule has 0 aliphatic heterocycles. The van der Waals surface area contributed by atoms with Gasteiger partial charge in [0.25, 0.3) is 0 Å². The van der Waals surface area contributed by atoms with Crippen LogP contribution in [0.25, 0.3) is 0 Å². The number of ketones is 1. The van der Waals surface area contributed by atoms with Crippen LogP contribution in [0.15, 0.2) is 54.6 Å². The summed E-state index contributed by atoms with van der Waals surface area (Å²) in [5, 5.41) is 0. The maximum absolute atomic E-state index is 12.7. The van der Waals surface area contributed by atoms with Gasteiger partial charge in [0, 0.05) is 11.1 Å². The zero-order valence-corrected chi connectivity index (χ0v) is 16.0. The van der Waals surface area contributed by atoms with E-state index < -0.39 is 11.6 Å². The summed E-state index contributed by atoms with van der Waals surface area (Å²) in [5.74, 6) is -0.904. The summed E-state index contributed by atoms with van der Waals surface area (Å²) >= 11 is 0. The topological polar surface area (TPSA) is 52.6 Å². The fraction of sp³-hybridized carbons (Fsp3) is 0.364. The summed E-state index contributed by atoms with van der Waals surface area (Å²) in [5.41, 5.74) is 0.388. The van der Waals surface area contributed by atoms with Crippen LogP contribution in [0.4, 0.5) is 0 Å². The van der Waals surface area contributed by atoms with Crippen LogP contribution in [0.1, 0.15) is 67.3 Å². The van der Waals surface area contributed by atoms with Gasteiger partial charge in [-0.1, -0.05) is 69.3 Å². The molecule has 2 aromatic carbocycles. The van der Waals surface area contributed by atoms with E-state index in [2.05, 4.69) is 20.8 Å². The Bertz CT molecular complexity index is 770. The molecule has 0 aromatic heterocycles. The fourth-order valence-electron chi connectivity index (χ4n) is 3.11. The SMILES string of the molecule is CC(C)(C)CC(C)(C)OOC(=O)c1ccccc1C(=O)c1ccccc1. The van der Waals surface area contributed by atoms with Gasteiger partial charge in [-0.2, -0.15) is 4.89 Å². The first-order chi connectivity index (χ1) is 12.1. The van der Waals surface area contributed by atoms with E-state index in [1.54, 1.807) is 48.5 Å². The largest absolute Gasteiger partial charge is 0.373 e. The molecule has 2 rings (SSSR count). The van der Waals surface area contributed by atoms with Crippen LogP contribution in [-0.2, 0) is 9.78 Å². The molecule has 4 heteroatoms. The Hall–Kier alpha value is -2.46. The van der Waals surface area contributed by atoms with E-state index >= 15 is 0 Å². The Labute approximate surface area is 155 Å². The van der Waals surface area contributed by atoms with Gasteiger partial charge in [-0.05, 0) is 31.7 Å². The number of benzene rings is 2. The highest BCUT2D eigenvalue weighted by Gasteiger charge is 2.29. The fourth-order valence-corrected chi connectivity index (χ4v) is 3.11. The third-order valence-corrected chi connectivity index (χ3v) is 3.73. The lowest BCUT2D eigenvalue weighted by molar-refractivity contribution is -0.312. The number of rotatable bonds is 6. The van der Waals surface area contributed by atoms with Crippen molar-refractivity contribution in [2.24, 2.45) is 5.41 Å². The second-order valence-electron chi connectivity index (χ2n) is 8.19. The van der Waals surface area contributed by atoms with Gasteiger partial charge in [0.15, 0.2) is 5.78 Å². The summed E-state index contributed by atoms with van der Waals surface area (Å²) in [4.78, 5) is 35.7. The molecule has 0 fully saturated rings. The van der Waals surface area contributed by atoms with Gasteiger partial charge >= 0.3 is 5.97 Å². The molecule has 0 unspecified atom stereocenters. The molecule has 0 bridgehead atoms. The van der Waals surface area contributed by atoms with Crippen molar-refractivity contribution in [1.82, 2.24) is 0 Å². The third-order valence-electron chi connectivity index (χ3n) is 3.73. The minimum absolute atomic E-state index is 0.0249. The van der Waals surface area contributed by atoms with Crippen LogP contribution in [0.5, 0.6) is 0 Å². The Morgan fingerprint density at radius 3 is 1.92 bits per heavy atom. The standard InChI is InChI=1S/C22H26O4/c1-21(2,3)15-22(4,5)26-25-20(24)18-14-10-9-13-17(18)19(23)16-11-7-6-8-12-16/h6-14H,15H2,1-5H3. The maximum Gasteiger partial charge on any atom is 0.373 e. The lowest BCUT2D eigenvalue weighted by Gasteiger charge is -2.30. The van der Waals surface area contributed by atoms with Crippen molar-refractivity contribution in [3.8, 4) is 0 Å². The normalized spacial score (nSPS) is 11.9. The lowest BCUT2D eigenvalue weighted by atomic mass is 9.84. The van der Waals surface area contributed by atoms with E-state index in [0.29, 0.717) is 17.5 Å². The first-order valence-corrected chi connectivity index (χ1v) is 8.68. The minimum Gasteiger partial charge on any atom is -0.292 e. The number of carbonyl (C=O) groups excluding carboxylic acids is 2. The Morgan fingerprint density at radius 2 is 1.35 bits per heavy atom. The highest BCUT2D eigenvalue weighted by molar-refractivity contribution is 6.14. The van der Waals surface area contributed by atoms with Crippen molar-refractivity contribution in [3.05, 3.63) is 71.3 Å². The van der Waals surface area contributed by atoms with Crippen molar-refractivity contribution in [3.63, 3.8) is 0 Å². The van der Waals surface area contributed by atoms with Gasteiger partial charge < -0.3 is 0 Å². The summed E-state index contributed by atoms with van der Waals surface area (Å²) in [7, 11) is 0. The van der Waals surface area contributed by atoms with Crippen molar-refractivity contribution in [1.29, 1.82) is 0 Å². The molecule has 2 aromatic rings. The van der Waals surface area contributed by atoms with Gasteiger partial charge in [0.2, 0.25) is 0 Å². The predicted octanol–water partition coefficient (Wildman–Crippen LogP) is 5.22. The predicted molar refractivity (Wildman–Crippen MR) is 101 cm³/mol. The molecule has 138 valence electrons. The molecule has 0 radical (unpaired) electrons. The molecular weight excluding hydrogens is 328 g/mol. The summed E-state index contributed by atoms with van der Waals surface area (Å²) in [6.07, 6.45) is 0.706. The Morgan fingerprint density at radius 1 is 0.808 bits per heavy atom. The molecule has 0 heterocycles. The number of hydrogen-bond acceptors (Lipinski definition) is 4. The molecule has 0 atom stereocenters. The van der Waals surface area contributed by atoms with Gasteiger partial charge in [0.05, 0.1) is 5.56 Å². The molecule has 0 saturated carbocycles. The summed E-state index contributed by atoms with van der Waals surface area (Å²) < 4.78 is 0. The van der Waals surface area contributed by atoms with Crippen LogP contribution < -0.4 is 0 Å². The lowest BCUT2D eigenvalue weighted by Crippen LogP contribution is -2.31. The molecular formula is C22H26O4. The van der Waals surface area contributed by atoms with E-state index in [9.17, 15) is 9.59 Å². The quantitative estimate of drug-likeness (QED) is 0.405. The van der Waals surface area contributed by atoms with Crippen molar-refractivity contribution < 1.29 is 19.4 Å². The van der Waals surface area contributed by atoms with Crippen LogP contribution in [-0.4, -0.2) is 17.4 Å². The van der Waals surface area contributed by atoms with E-state index in [4.69, 9.17) is 9.78 Å².